The monoisotopic (exact) mass is 472 g/mol. The molecule has 3 aromatic rings. The number of nitrogens with one attached hydrogen (secondary N) is 1. The minimum atomic E-state index is -1.34. The van der Waals surface area contributed by atoms with Crippen molar-refractivity contribution in [2.24, 2.45) is 0 Å². The minimum Gasteiger partial charge on any atom is -0.465 e. The average molecular weight is 473 g/mol. The fourth-order valence-electron chi connectivity index (χ4n) is 4.67. The number of ether oxygens (including phenoxy) is 1. The first-order valence-electron chi connectivity index (χ1n) is 11.6. The molecule has 35 heavy (non-hydrogen) atoms. The van der Waals surface area contributed by atoms with Gasteiger partial charge in [-0.15, -0.1) is 0 Å². The lowest BCUT2D eigenvalue weighted by Crippen LogP contribution is -2.57. The normalized spacial score (nSPS) is 16.5. The second-order valence-corrected chi connectivity index (χ2v) is 8.50. The first-order chi connectivity index (χ1) is 17.1. The lowest BCUT2D eigenvalue weighted by atomic mass is 9.80. The third-order valence-electron chi connectivity index (χ3n) is 6.39. The van der Waals surface area contributed by atoms with Gasteiger partial charge in [0.2, 0.25) is 5.91 Å². The smallest absolute Gasteiger partial charge is 0.407 e. The molecular weight excluding hydrogens is 444 g/mol. The van der Waals surface area contributed by atoms with Crippen molar-refractivity contribution in [2.45, 2.75) is 37.1 Å². The van der Waals surface area contributed by atoms with Crippen molar-refractivity contribution in [3.63, 3.8) is 0 Å². The van der Waals surface area contributed by atoms with Gasteiger partial charge in [-0.2, -0.15) is 0 Å². The first kappa shape index (κ1) is 24.2. The van der Waals surface area contributed by atoms with E-state index in [1.54, 1.807) is 0 Å². The molecule has 7 heteroatoms. The second-order valence-electron chi connectivity index (χ2n) is 8.50. The van der Waals surface area contributed by atoms with Crippen LogP contribution in [0.3, 0.4) is 0 Å². The van der Waals surface area contributed by atoms with Gasteiger partial charge >= 0.3 is 6.09 Å². The Morgan fingerprint density at radius 2 is 1.51 bits per heavy atom. The standard InChI is InChI=1S/C28H28N2O5/c31-19-25(29-26(32)24-17-10-18-30(24)27(33)34)28(22-13-6-2-7-14-22,23-15-8-3-9-16-23)35-20-21-11-4-1-5-12-21/h1-9,11-16,19,24-25H,10,17-18,20H2,(H,29,32)(H,33,34)/t24-,25+/m0/s1. The van der Waals surface area contributed by atoms with Crippen LogP contribution >= 0.6 is 0 Å². The number of benzene rings is 3. The molecule has 1 saturated heterocycles. The maximum absolute atomic E-state index is 13.3. The van der Waals surface area contributed by atoms with E-state index in [2.05, 4.69) is 5.32 Å². The predicted octanol–water partition coefficient (Wildman–Crippen LogP) is 3.97. The summed E-state index contributed by atoms with van der Waals surface area (Å²) >= 11 is 0. The van der Waals surface area contributed by atoms with Crippen molar-refractivity contribution in [1.29, 1.82) is 0 Å². The number of aldehydes is 1. The quantitative estimate of drug-likeness (QED) is 0.460. The number of rotatable bonds is 9. The number of hydrogen-bond acceptors (Lipinski definition) is 4. The number of amides is 2. The van der Waals surface area contributed by atoms with Crippen LogP contribution in [-0.4, -0.2) is 46.9 Å². The van der Waals surface area contributed by atoms with Gasteiger partial charge in [0.15, 0.2) is 0 Å². The predicted molar refractivity (Wildman–Crippen MR) is 131 cm³/mol. The molecular formula is C28H28N2O5. The largest absolute Gasteiger partial charge is 0.465 e. The van der Waals surface area contributed by atoms with Gasteiger partial charge in [0.25, 0.3) is 0 Å². The van der Waals surface area contributed by atoms with Crippen molar-refractivity contribution in [1.82, 2.24) is 10.2 Å². The molecule has 0 saturated carbocycles. The van der Waals surface area contributed by atoms with Crippen molar-refractivity contribution in [3.05, 3.63) is 108 Å². The zero-order valence-corrected chi connectivity index (χ0v) is 19.2. The Balaban J connectivity index is 1.77. The Morgan fingerprint density at radius 3 is 2.03 bits per heavy atom. The highest BCUT2D eigenvalue weighted by atomic mass is 16.5. The molecule has 2 N–H and O–H groups in total. The lowest BCUT2D eigenvalue weighted by molar-refractivity contribution is -0.134. The maximum atomic E-state index is 13.3. The highest BCUT2D eigenvalue weighted by Crippen LogP contribution is 2.38. The molecule has 1 aliphatic heterocycles. The molecule has 0 aromatic heterocycles. The van der Waals surface area contributed by atoms with E-state index in [1.165, 1.54) is 0 Å². The number of likely N-dealkylation sites (tertiary alicyclic amines) is 1. The second kappa shape index (κ2) is 11.0. The summed E-state index contributed by atoms with van der Waals surface area (Å²) < 4.78 is 6.60. The summed E-state index contributed by atoms with van der Waals surface area (Å²) in [5, 5.41) is 12.3. The minimum absolute atomic E-state index is 0.190. The summed E-state index contributed by atoms with van der Waals surface area (Å²) in [6.07, 6.45) is 0.507. The summed E-state index contributed by atoms with van der Waals surface area (Å²) in [5.74, 6) is -0.512. The Hall–Kier alpha value is -3.97. The van der Waals surface area contributed by atoms with E-state index in [0.717, 1.165) is 10.5 Å². The van der Waals surface area contributed by atoms with Crippen molar-refractivity contribution < 1.29 is 24.2 Å². The lowest BCUT2D eigenvalue weighted by Gasteiger charge is -2.40. The van der Waals surface area contributed by atoms with Crippen LogP contribution in [0.25, 0.3) is 0 Å². The van der Waals surface area contributed by atoms with Crippen LogP contribution in [0.1, 0.15) is 29.5 Å². The van der Waals surface area contributed by atoms with E-state index < -0.39 is 29.7 Å². The van der Waals surface area contributed by atoms with E-state index in [1.807, 2.05) is 91.0 Å². The molecule has 0 aliphatic carbocycles. The topological polar surface area (TPSA) is 95.9 Å². The number of carboxylic acid groups (broad SMARTS) is 1. The molecule has 1 aliphatic rings. The zero-order valence-electron chi connectivity index (χ0n) is 19.2. The van der Waals surface area contributed by atoms with Crippen LogP contribution in [0, 0.1) is 0 Å². The van der Waals surface area contributed by atoms with Crippen molar-refractivity contribution in [2.75, 3.05) is 6.54 Å². The maximum Gasteiger partial charge on any atom is 0.407 e. The molecule has 1 heterocycles. The molecule has 4 rings (SSSR count). The molecule has 1 fully saturated rings. The molecule has 0 bridgehead atoms. The van der Waals surface area contributed by atoms with Gasteiger partial charge < -0.3 is 20.0 Å². The van der Waals surface area contributed by atoms with Crippen LogP contribution in [0.5, 0.6) is 0 Å². The Morgan fingerprint density at radius 1 is 0.971 bits per heavy atom. The molecule has 3 aromatic carbocycles. The third kappa shape index (κ3) is 5.10. The van der Waals surface area contributed by atoms with Crippen molar-refractivity contribution >= 4 is 18.3 Å². The van der Waals surface area contributed by atoms with Gasteiger partial charge in [-0.3, -0.25) is 9.69 Å². The van der Waals surface area contributed by atoms with E-state index in [9.17, 15) is 19.5 Å². The van der Waals surface area contributed by atoms with Gasteiger partial charge in [0, 0.05) is 6.54 Å². The van der Waals surface area contributed by atoms with Gasteiger partial charge in [-0.1, -0.05) is 91.0 Å². The fourth-order valence-corrected chi connectivity index (χ4v) is 4.67. The summed E-state index contributed by atoms with van der Waals surface area (Å²) in [6.45, 7) is 0.474. The van der Waals surface area contributed by atoms with Crippen molar-refractivity contribution in [3.8, 4) is 0 Å². The van der Waals surface area contributed by atoms with E-state index in [-0.39, 0.29) is 13.2 Å². The van der Waals surface area contributed by atoms with Crippen LogP contribution in [0.4, 0.5) is 4.79 Å². The third-order valence-corrected chi connectivity index (χ3v) is 6.39. The summed E-state index contributed by atoms with van der Waals surface area (Å²) in [4.78, 5) is 38.7. The molecule has 180 valence electrons. The fraction of sp³-hybridized carbons (Fsp3) is 0.250. The Bertz CT molecular complexity index is 1100. The number of nitrogens with zero attached hydrogens (tertiary/aromatic N) is 1. The highest BCUT2D eigenvalue weighted by Gasteiger charge is 2.46. The Labute approximate surface area is 204 Å². The van der Waals surface area contributed by atoms with Gasteiger partial charge in [0.05, 0.1) is 6.61 Å². The highest BCUT2D eigenvalue weighted by molar-refractivity contribution is 5.88. The molecule has 0 unspecified atom stereocenters. The Kier molecular flexibility index (Phi) is 7.57. The SMILES string of the molecule is O=C[C@@H](NC(=O)[C@@H]1CCCN1C(=O)O)C(OCc1ccccc1)(c1ccccc1)c1ccccc1. The van der Waals surface area contributed by atoms with E-state index in [0.29, 0.717) is 30.3 Å². The van der Waals surface area contributed by atoms with E-state index in [4.69, 9.17) is 4.74 Å². The molecule has 2 atom stereocenters. The van der Waals surface area contributed by atoms with Crippen LogP contribution in [0.15, 0.2) is 91.0 Å². The zero-order chi connectivity index (χ0) is 24.7. The van der Waals surface area contributed by atoms with Crippen LogP contribution in [-0.2, 0) is 26.5 Å². The summed E-state index contributed by atoms with van der Waals surface area (Å²) in [5.41, 5.74) is 0.956. The average Bonchev–Trinajstić information content (AvgIpc) is 3.41. The number of carbonyl (C=O) groups excluding carboxylic acids is 2. The van der Waals surface area contributed by atoms with Gasteiger partial charge in [0.1, 0.15) is 24.0 Å². The number of carbonyl (C=O) groups is 3. The van der Waals surface area contributed by atoms with Crippen LogP contribution in [0.2, 0.25) is 0 Å². The summed E-state index contributed by atoms with van der Waals surface area (Å²) in [6, 6.07) is 26.2. The molecule has 2 amide bonds. The molecule has 0 radical (unpaired) electrons. The number of hydrogen-bond donors (Lipinski definition) is 2. The van der Waals surface area contributed by atoms with E-state index >= 15 is 0 Å². The van der Waals surface area contributed by atoms with Gasteiger partial charge in [-0.05, 0) is 29.5 Å². The molecule has 0 spiro atoms. The first-order valence-corrected chi connectivity index (χ1v) is 11.6. The summed E-state index contributed by atoms with van der Waals surface area (Å²) in [7, 11) is 0. The molecule has 7 nitrogen and oxygen atoms in total. The van der Waals surface area contributed by atoms with Gasteiger partial charge in [-0.25, -0.2) is 4.79 Å². The van der Waals surface area contributed by atoms with Crippen LogP contribution < -0.4 is 5.32 Å².